The molecule has 0 saturated heterocycles. The SMILES string of the molecule is CCCOc1ccc(-c2ccc(C#Cc3ccc4c(F)c(F)ccc4c3)cc2)nc1. The second-order valence-electron chi connectivity index (χ2n) is 6.85. The summed E-state index contributed by atoms with van der Waals surface area (Å²) in [5.41, 5.74) is 3.45. The lowest BCUT2D eigenvalue weighted by Crippen LogP contribution is -1.95. The van der Waals surface area contributed by atoms with E-state index in [2.05, 4.69) is 23.7 Å². The van der Waals surface area contributed by atoms with Gasteiger partial charge in [-0.15, -0.1) is 0 Å². The Balaban J connectivity index is 1.51. The summed E-state index contributed by atoms with van der Waals surface area (Å²) in [6.45, 7) is 2.74. The Morgan fingerprint density at radius 1 is 0.867 bits per heavy atom. The Morgan fingerprint density at radius 2 is 1.63 bits per heavy atom. The molecule has 0 aliphatic rings. The standard InChI is InChI=1S/C26H19F2NO/c1-2-15-30-22-11-14-25(29-17-22)20-8-5-18(6-9-20)3-4-19-7-12-23-21(16-19)10-13-24(27)26(23)28/h5-14,16-17H,2,15H2,1H3. The normalized spacial score (nSPS) is 10.5. The van der Waals surface area contributed by atoms with Gasteiger partial charge in [-0.3, -0.25) is 4.98 Å². The van der Waals surface area contributed by atoms with Crippen LogP contribution in [0.1, 0.15) is 24.5 Å². The summed E-state index contributed by atoms with van der Waals surface area (Å²) in [7, 11) is 0. The Morgan fingerprint density at radius 3 is 2.37 bits per heavy atom. The van der Waals surface area contributed by atoms with Crippen molar-refractivity contribution in [2.75, 3.05) is 6.61 Å². The van der Waals surface area contributed by atoms with Crippen LogP contribution in [0, 0.1) is 23.5 Å². The van der Waals surface area contributed by atoms with E-state index in [-0.39, 0.29) is 5.39 Å². The number of halogens is 2. The fourth-order valence-corrected chi connectivity index (χ4v) is 3.07. The Labute approximate surface area is 174 Å². The second-order valence-corrected chi connectivity index (χ2v) is 6.85. The third-order valence-corrected chi connectivity index (χ3v) is 4.65. The maximum atomic E-state index is 13.8. The van der Waals surface area contributed by atoms with E-state index < -0.39 is 11.6 Å². The third-order valence-electron chi connectivity index (χ3n) is 4.65. The zero-order chi connectivity index (χ0) is 20.9. The van der Waals surface area contributed by atoms with E-state index in [9.17, 15) is 8.78 Å². The van der Waals surface area contributed by atoms with Crippen molar-refractivity contribution >= 4 is 10.8 Å². The summed E-state index contributed by atoms with van der Waals surface area (Å²) in [4.78, 5) is 4.45. The lowest BCUT2D eigenvalue weighted by molar-refractivity contribution is 0.316. The van der Waals surface area contributed by atoms with Gasteiger partial charge >= 0.3 is 0 Å². The van der Waals surface area contributed by atoms with E-state index in [1.807, 2.05) is 36.4 Å². The fourth-order valence-electron chi connectivity index (χ4n) is 3.07. The molecule has 1 heterocycles. The number of aromatic nitrogens is 1. The maximum absolute atomic E-state index is 13.8. The van der Waals surface area contributed by atoms with Crippen molar-refractivity contribution in [1.82, 2.24) is 4.98 Å². The molecule has 0 bridgehead atoms. The summed E-state index contributed by atoms with van der Waals surface area (Å²) in [5.74, 6) is 5.26. The minimum absolute atomic E-state index is 0.253. The lowest BCUT2D eigenvalue weighted by Gasteiger charge is -2.05. The van der Waals surface area contributed by atoms with Crippen LogP contribution in [0.3, 0.4) is 0 Å². The Bertz CT molecular complexity index is 1240. The molecule has 0 fully saturated rings. The molecule has 1 aromatic heterocycles. The number of benzene rings is 3. The van der Waals surface area contributed by atoms with Crippen LogP contribution in [-0.4, -0.2) is 11.6 Å². The van der Waals surface area contributed by atoms with E-state index in [1.54, 1.807) is 30.5 Å². The van der Waals surface area contributed by atoms with Crippen LogP contribution < -0.4 is 4.74 Å². The van der Waals surface area contributed by atoms with Gasteiger partial charge in [-0.1, -0.05) is 43.0 Å². The van der Waals surface area contributed by atoms with Gasteiger partial charge in [0.05, 0.1) is 18.5 Å². The van der Waals surface area contributed by atoms with Crippen LogP contribution in [0.2, 0.25) is 0 Å². The molecule has 3 aromatic carbocycles. The zero-order valence-corrected chi connectivity index (χ0v) is 16.5. The first-order valence-corrected chi connectivity index (χ1v) is 9.73. The fraction of sp³-hybridized carbons (Fsp3) is 0.115. The molecule has 0 amide bonds. The highest BCUT2D eigenvalue weighted by Crippen LogP contribution is 2.22. The highest BCUT2D eigenvalue weighted by atomic mass is 19.2. The lowest BCUT2D eigenvalue weighted by atomic mass is 10.1. The van der Waals surface area contributed by atoms with E-state index >= 15 is 0 Å². The van der Waals surface area contributed by atoms with Crippen LogP contribution in [0.4, 0.5) is 8.78 Å². The van der Waals surface area contributed by atoms with Crippen molar-refractivity contribution in [2.45, 2.75) is 13.3 Å². The first-order valence-electron chi connectivity index (χ1n) is 9.73. The average Bonchev–Trinajstić information content (AvgIpc) is 2.79. The van der Waals surface area contributed by atoms with Crippen molar-refractivity contribution < 1.29 is 13.5 Å². The summed E-state index contributed by atoms with van der Waals surface area (Å²) in [6, 6.07) is 19.3. The molecule has 0 radical (unpaired) electrons. The summed E-state index contributed by atoms with van der Waals surface area (Å²) in [5, 5.41) is 0.872. The molecular formula is C26H19F2NO. The monoisotopic (exact) mass is 399 g/mol. The minimum atomic E-state index is -0.848. The predicted molar refractivity (Wildman–Crippen MR) is 115 cm³/mol. The molecular weight excluding hydrogens is 380 g/mol. The summed E-state index contributed by atoms with van der Waals surface area (Å²) >= 11 is 0. The van der Waals surface area contributed by atoms with Gasteiger partial charge in [0.2, 0.25) is 0 Å². The molecule has 0 spiro atoms. The number of nitrogens with zero attached hydrogens (tertiary/aromatic N) is 1. The maximum Gasteiger partial charge on any atom is 0.166 e. The van der Waals surface area contributed by atoms with Gasteiger partial charge in [-0.05, 0) is 54.3 Å². The van der Waals surface area contributed by atoms with Crippen LogP contribution in [0.25, 0.3) is 22.0 Å². The van der Waals surface area contributed by atoms with Crippen molar-refractivity contribution in [3.63, 3.8) is 0 Å². The number of fused-ring (bicyclic) bond motifs is 1. The Hall–Kier alpha value is -3.71. The van der Waals surface area contributed by atoms with Gasteiger partial charge in [0.15, 0.2) is 11.6 Å². The molecule has 0 unspecified atom stereocenters. The predicted octanol–water partition coefficient (Wildman–Crippen LogP) is 6.37. The average molecular weight is 399 g/mol. The van der Waals surface area contributed by atoms with Crippen LogP contribution >= 0.6 is 0 Å². The first-order chi connectivity index (χ1) is 14.6. The number of pyridine rings is 1. The van der Waals surface area contributed by atoms with Crippen molar-refractivity contribution in [3.8, 4) is 28.8 Å². The highest BCUT2D eigenvalue weighted by molar-refractivity contribution is 5.84. The van der Waals surface area contributed by atoms with Gasteiger partial charge in [0, 0.05) is 22.1 Å². The number of ether oxygens (including phenoxy) is 1. The Kier molecular flexibility index (Phi) is 5.72. The van der Waals surface area contributed by atoms with Gasteiger partial charge < -0.3 is 4.74 Å². The van der Waals surface area contributed by atoms with E-state index in [4.69, 9.17) is 4.74 Å². The number of hydrogen-bond donors (Lipinski definition) is 0. The molecule has 2 nitrogen and oxygen atoms in total. The van der Waals surface area contributed by atoms with E-state index in [1.165, 1.54) is 0 Å². The first kappa shape index (κ1) is 19.6. The molecule has 4 aromatic rings. The van der Waals surface area contributed by atoms with E-state index in [0.717, 1.165) is 40.6 Å². The molecule has 0 aliphatic heterocycles. The van der Waals surface area contributed by atoms with Gasteiger partial charge in [-0.2, -0.15) is 0 Å². The molecule has 0 saturated carbocycles. The smallest absolute Gasteiger partial charge is 0.166 e. The highest BCUT2D eigenvalue weighted by Gasteiger charge is 2.06. The molecule has 0 aliphatic carbocycles. The topological polar surface area (TPSA) is 22.1 Å². The van der Waals surface area contributed by atoms with Crippen molar-refractivity contribution in [1.29, 1.82) is 0 Å². The minimum Gasteiger partial charge on any atom is -0.492 e. The number of hydrogen-bond acceptors (Lipinski definition) is 2. The summed E-state index contributed by atoms with van der Waals surface area (Å²) < 4.78 is 32.7. The van der Waals surface area contributed by atoms with Crippen molar-refractivity contribution in [2.24, 2.45) is 0 Å². The van der Waals surface area contributed by atoms with Crippen LogP contribution in [-0.2, 0) is 0 Å². The van der Waals surface area contributed by atoms with Crippen LogP contribution in [0.15, 0.2) is 72.9 Å². The molecule has 4 heteroatoms. The van der Waals surface area contributed by atoms with Gasteiger partial charge in [0.1, 0.15) is 5.75 Å². The van der Waals surface area contributed by atoms with E-state index in [0.29, 0.717) is 12.0 Å². The van der Waals surface area contributed by atoms with Crippen LogP contribution in [0.5, 0.6) is 5.75 Å². The molecule has 30 heavy (non-hydrogen) atoms. The number of rotatable bonds is 4. The quantitative estimate of drug-likeness (QED) is 0.372. The largest absolute Gasteiger partial charge is 0.492 e. The van der Waals surface area contributed by atoms with Crippen molar-refractivity contribution in [3.05, 3.63) is 95.7 Å². The molecule has 148 valence electrons. The summed E-state index contributed by atoms with van der Waals surface area (Å²) in [6.07, 6.45) is 2.69. The van der Waals surface area contributed by atoms with Gasteiger partial charge in [-0.25, -0.2) is 8.78 Å². The second kappa shape index (κ2) is 8.75. The molecule has 0 N–H and O–H groups in total. The third kappa shape index (κ3) is 4.31. The zero-order valence-electron chi connectivity index (χ0n) is 16.5. The molecule has 0 atom stereocenters. The molecule has 4 rings (SSSR count). The van der Waals surface area contributed by atoms with Gasteiger partial charge in [0.25, 0.3) is 0 Å².